The van der Waals surface area contributed by atoms with Crippen LogP contribution >= 0.6 is 0 Å². The third kappa shape index (κ3) is 5.20. The predicted octanol–water partition coefficient (Wildman–Crippen LogP) is 7.26. The molecule has 5 fully saturated rings. The van der Waals surface area contributed by atoms with Crippen LogP contribution in [0, 0.1) is 34.5 Å². The van der Waals surface area contributed by atoms with Crippen LogP contribution in [0.5, 0.6) is 5.88 Å². The highest BCUT2D eigenvalue weighted by Gasteiger charge is 2.61. The number of pyridine rings is 1. The Kier molecular flexibility index (Phi) is 8.12. The highest BCUT2D eigenvalue weighted by Crippen LogP contribution is 2.66. The maximum atomic E-state index is 12.2. The van der Waals surface area contributed by atoms with Gasteiger partial charge < -0.3 is 14.6 Å². The van der Waals surface area contributed by atoms with Crippen molar-refractivity contribution in [3.05, 3.63) is 23.9 Å². The zero-order valence-corrected chi connectivity index (χ0v) is 24.4. The van der Waals surface area contributed by atoms with Crippen molar-refractivity contribution in [3.8, 4) is 5.88 Å². The molecule has 0 bridgehead atoms. The number of Topliss-reactive ketones (excluding diaryl/α,β-unsaturated/α-hetero) is 1. The van der Waals surface area contributed by atoms with Gasteiger partial charge >= 0.3 is 0 Å². The van der Waals surface area contributed by atoms with E-state index in [2.05, 4.69) is 31.0 Å². The van der Waals surface area contributed by atoms with Crippen LogP contribution in [0.25, 0.3) is 0 Å². The number of rotatable bonds is 9. The molecule has 9 atom stereocenters. The van der Waals surface area contributed by atoms with E-state index in [0.29, 0.717) is 53.5 Å². The number of fused-ring (bicyclic) bond motifs is 5. The Hall–Kier alpha value is -1.46. The van der Waals surface area contributed by atoms with Gasteiger partial charge in [-0.25, -0.2) is 4.98 Å². The van der Waals surface area contributed by atoms with Gasteiger partial charge in [0.15, 0.2) is 0 Å². The summed E-state index contributed by atoms with van der Waals surface area (Å²) in [6.45, 7) is 6.33. The van der Waals surface area contributed by atoms with Gasteiger partial charge in [-0.3, -0.25) is 4.79 Å². The van der Waals surface area contributed by atoms with Crippen LogP contribution in [0.15, 0.2) is 18.3 Å². The van der Waals surface area contributed by atoms with Gasteiger partial charge in [-0.05, 0) is 130 Å². The van der Waals surface area contributed by atoms with E-state index in [-0.39, 0.29) is 11.5 Å². The maximum Gasteiger partial charge on any atom is 0.213 e. The van der Waals surface area contributed by atoms with E-state index >= 15 is 0 Å². The van der Waals surface area contributed by atoms with Crippen LogP contribution in [0.4, 0.5) is 0 Å². The summed E-state index contributed by atoms with van der Waals surface area (Å²) in [4.78, 5) is 16.8. The van der Waals surface area contributed by atoms with Crippen LogP contribution in [0.3, 0.4) is 0 Å². The number of carbonyl (C=O) groups excluding carboxylic acids is 1. The SMILES string of the molecule is CCC(CCC1CCCO1)c1ccnc(OCC[C@]23CCC4C(CCC5CC(=O)CC[C@@]54C)C2CC[C@@H]3O)c1. The van der Waals surface area contributed by atoms with Crippen molar-refractivity contribution in [2.45, 2.75) is 128 Å². The minimum absolute atomic E-state index is 0.0142. The first-order valence-corrected chi connectivity index (χ1v) is 16.3. The number of nitrogens with zero attached hydrogens (tertiary/aromatic N) is 1. The van der Waals surface area contributed by atoms with Gasteiger partial charge in [-0.15, -0.1) is 0 Å². The number of ether oxygens (including phenoxy) is 2. The number of aliphatic hydroxyl groups is 1. The van der Waals surface area contributed by atoms with Crippen molar-refractivity contribution in [3.63, 3.8) is 0 Å². The van der Waals surface area contributed by atoms with Crippen molar-refractivity contribution in [2.24, 2.45) is 34.5 Å². The average molecular weight is 538 g/mol. The summed E-state index contributed by atoms with van der Waals surface area (Å²) in [5.41, 5.74) is 1.63. The topological polar surface area (TPSA) is 68.7 Å². The number of ketones is 1. The van der Waals surface area contributed by atoms with Crippen LogP contribution in [-0.4, -0.2) is 41.3 Å². The molecule has 1 aliphatic heterocycles. The number of aromatic nitrogens is 1. The van der Waals surface area contributed by atoms with E-state index < -0.39 is 0 Å². The monoisotopic (exact) mass is 537 g/mol. The minimum atomic E-state index is -0.216. The molecule has 5 heteroatoms. The lowest BCUT2D eigenvalue weighted by Gasteiger charge is -2.60. The van der Waals surface area contributed by atoms with Gasteiger partial charge in [0.25, 0.3) is 0 Å². The van der Waals surface area contributed by atoms with Gasteiger partial charge in [0, 0.05) is 37.1 Å². The van der Waals surface area contributed by atoms with Crippen molar-refractivity contribution >= 4 is 5.78 Å². The van der Waals surface area contributed by atoms with Gasteiger partial charge in [-0.2, -0.15) is 0 Å². The molecule has 1 aromatic heterocycles. The maximum absolute atomic E-state index is 12.2. The van der Waals surface area contributed by atoms with E-state index in [9.17, 15) is 9.90 Å². The van der Waals surface area contributed by atoms with Gasteiger partial charge in [0.05, 0.1) is 18.8 Å². The molecule has 1 N–H and O–H groups in total. The first-order valence-electron chi connectivity index (χ1n) is 16.3. The Balaban J connectivity index is 1.09. The lowest BCUT2D eigenvalue weighted by molar-refractivity contribution is -0.145. The quantitative estimate of drug-likeness (QED) is 0.359. The van der Waals surface area contributed by atoms with Crippen molar-refractivity contribution in [1.82, 2.24) is 4.98 Å². The Labute approximate surface area is 235 Å². The van der Waals surface area contributed by atoms with E-state index in [1.165, 1.54) is 37.7 Å². The fourth-order valence-electron chi connectivity index (χ4n) is 10.3. The Morgan fingerprint density at radius 1 is 1.15 bits per heavy atom. The minimum Gasteiger partial charge on any atom is -0.478 e. The molecule has 39 heavy (non-hydrogen) atoms. The lowest BCUT2D eigenvalue weighted by Crippen LogP contribution is -2.55. The van der Waals surface area contributed by atoms with E-state index in [4.69, 9.17) is 9.47 Å². The smallest absolute Gasteiger partial charge is 0.213 e. The molecule has 0 amide bonds. The first-order chi connectivity index (χ1) is 18.9. The molecule has 1 saturated heterocycles. The Bertz CT molecular complexity index is 1010. The second-order valence-electron chi connectivity index (χ2n) is 14.1. The molecule has 0 radical (unpaired) electrons. The zero-order chi connectivity index (χ0) is 27.0. The molecule has 6 unspecified atom stereocenters. The second-order valence-corrected chi connectivity index (χ2v) is 14.1. The van der Waals surface area contributed by atoms with Gasteiger partial charge in [0.1, 0.15) is 5.78 Å². The number of hydrogen-bond donors (Lipinski definition) is 1. The Morgan fingerprint density at radius 2 is 2.05 bits per heavy atom. The van der Waals surface area contributed by atoms with Crippen molar-refractivity contribution < 1.29 is 19.4 Å². The summed E-state index contributed by atoms with van der Waals surface area (Å²) >= 11 is 0. The molecule has 1 aromatic rings. The third-order valence-electron chi connectivity index (χ3n) is 12.6. The summed E-state index contributed by atoms with van der Waals surface area (Å²) in [6, 6.07) is 4.32. The number of aliphatic hydroxyl groups excluding tert-OH is 1. The molecule has 2 heterocycles. The molecule has 4 saturated carbocycles. The normalized spacial score (nSPS) is 40.5. The van der Waals surface area contributed by atoms with Gasteiger partial charge in [-0.1, -0.05) is 13.8 Å². The van der Waals surface area contributed by atoms with Gasteiger partial charge in [0.2, 0.25) is 5.88 Å². The van der Waals surface area contributed by atoms with Crippen LogP contribution in [0.2, 0.25) is 0 Å². The summed E-state index contributed by atoms with van der Waals surface area (Å²) < 4.78 is 12.2. The van der Waals surface area contributed by atoms with Crippen LogP contribution in [0.1, 0.15) is 122 Å². The third-order valence-corrected chi connectivity index (χ3v) is 12.6. The van der Waals surface area contributed by atoms with E-state index in [1.807, 2.05) is 6.20 Å². The molecular formula is C34H51NO4. The second kappa shape index (κ2) is 11.4. The predicted molar refractivity (Wildman–Crippen MR) is 153 cm³/mol. The Morgan fingerprint density at radius 3 is 2.87 bits per heavy atom. The molecule has 216 valence electrons. The standard InChI is InChI=1S/C34H51NO4/c1-3-23(6-8-27-5-4-19-38-27)24-14-18-35-32(21-24)39-20-17-34-16-13-29-28(30(34)10-11-31(34)37)9-7-25-22-26(36)12-15-33(25,29)2/h14,18,21,23,25,27-31,37H,3-13,15-17,19-20,22H2,1-2H3/t23?,25?,27?,28?,29?,30?,31-,33-,34+/m0/s1. The highest BCUT2D eigenvalue weighted by molar-refractivity contribution is 5.79. The average Bonchev–Trinajstić information content (AvgIpc) is 3.58. The van der Waals surface area contributed by atoms with Crippen molar-refractivity contribution in [2.75, 3.05) is 13.2 Å². The highest BCUT2D eigenvalue weighted by atomic mass is 16.5. The summed E-state index contributed by atoms with van der Waals surface area (Å²) in [7, 11) is 0. The fourth-order valence-corrected chi connectivity index (χ4v) is 10.3. The van der Waals surface area contributed by atoms with Crippen LogP contribution < -0.4 is 4.74 Å². The molecule has 4 aliphatic carbocycles. The summed E-state index contributed by atoms with van der Waals surface area (Å²) in [6.07, 6.45) is 18.4. The lowest BCUT2D eigenvalue weighted by atomic mass is 9.44. The molecule has 0 spiro atoms. The molecule has 5 nitrogen and oxygen atoms in total. The molecule has 0 aromatic carbocycles. The zero-order valence-electron chi connectivity index (χ0n) is 24.4. The first kappa shape index (κ1) is 27.7. The van der Waals surface area contributed by atoms with Crippen LogP contribution in [-0.2, 0) is 9.53 Å². The fraction of sp³-hybridized carbons (Fsp3) is 0.824. The summed E-state index contributed by atoms with van der Waals surface area (Å²) in [5.74, 6) is 4.32. The molecule has 5 aliphatic rings. The van der Waals surface area contributed by atoms with Crippen molar-refractivity contribution in [1.29, 1.82) is 0 Å². The van der Waals surface area contributed by atoms with E-state index in [0.717, 1.165) is 76.7 Å². The summed E-state index contributed by atoms with van der Waals surface area (Å²) in [5, 5.41) is 11.4. The largest absolute Gasteiger partial charge is 0.478 e. The molecular weight excluding hydrogens is 486 g/mol. The number of carbonyl (C=O) groups is 1. The number of hydrogen-bond acceptors (Lipinski definition) is 5. The van der Waals surface area contributed by atoms with E-state index in [1.54, 1.807) is 0 Å². The molecule has 6 rings (SSSR count).